The van der Waals surface area contributed by atoms with E-state index in [0.29, 0.717) is 6.54 Å². The molecule has 2 rings (SSSR count). The van der Waals surface area contributed by atoms with E-state index < -0.39 is 0 Å². The molecule has 0 aliphatic rings. The molecule has 0 bridgehead atoms. The number of carbonyl (C=O) groups is 1. The summed E-state index contributed by atoms with van der Waals surface area (Å²) in [5, 5.41) is 4.61. The van der Waals surface area contributed by atoms with Crippen molar-refractivity contribution < 1.29 is 4.79 Å². The van der Waals surface area contributed by atoms with Gasteiger partial charge in [0.2, 0.25) is 6.41 Å². The number of aryl methyl sites for hydroxylation is 2. The zero-order valence-electron chi connectivity index (χ0n) is 9.72. The highest BCUT2D eigenvalue weighted by Crippen LogP contribution is 2.26. The van der Waals surface area contributed by atoms with Crippen molar-refractivity contribution >= 4 is 28.9 Å². The smallest absolute Gasteiger partial charge is 0.207 e. The second kappa shape index (κ2) is 5.23. The quantitative estimate of drug-likeness (QED) is 0.622. The Balaban J connectivity index is 2.22. The van der Waals surface area contributed by atoms with Crippen LogP contribution in [-0.4, -0.2) is 17.9 Å². The van der Waals surface area contributed by atoms with Crippen LogP contribution in [0.2, 0.25) is 5.02 Å². The van der Waals surface area contributed by atoms with E-state index in [4.69, 9.17) is 11.6 Å². The number of rotatable bonds is 5. The first-order valence-electron chi connectivity index (χ1n) is 5.66. The monoisotopic (exact) mass is 250 g/mol. The van der Waals surface area contributed by atoms with Gasteiger partial charge in [0.1, 0.15) is 0 Å². The number of aromatic nitrogens is 1. The maximum absolute atomic E-state index is 10.2. The lowest BCUT2D eigenvalue weighted by atomic mass is 10.1. The Morgan fingerprint density at radius 3 is 3.06 bits per heavy atom. The van der Waals surface area contributed by atoms with Gasteiger partial charge in [-0.15, -0.1) is 0 Å². The third kappa shape index (κ3) is 2.61. The van der Waals surface area contributed by atoms with Crippen molar-refractivity contribution in [2.75, 3.05) is 6.54 Å². The van der Waals surface area contributed by atoms with Gasteiger partial charge in [0.25, 0.3) is 0 Å². The van der Waals surface area contributed by atoms with E-state index in [1.807, 2.05) is 18.2 Å². The Labute approximate surface area is 105 Å². The number of hydrogen-bond donors (Lipinski definition) is 2. The molecule has 90 valence electrons. The van der Waals surface area contributed by atoms with Gasteiger partial charge in [-0.25, -0.2) is 0 Å². The van der Waals surface area contributed by atoms with Crippen molar-refractivity contribution in [2.24, 2.45) is 0 Å². The molecule has 3 nitrogen and oxygen atoms in total. The summed E-state index contributed by atoms with van der Waals surface area (Å²) in [7, 11) is 0. The molecule has 0 radical (unpaired) electrons. The Bertz CT molecular complexity index is 533. The molecular formula is C13H15ClN2O. The van der Waals surface area contributed by atoms with Crippen LogP contribution in [0, 0.1) is 6.92 Å². The fourth-order valence-electron chi connectivity index (χ4n) is 2.10. The first-order chi connectivity index (χ1) is 8.22. The first-order valence-corrected chi connectivity index (χ1v) is 6.04. The number of aromatic amines is 1. The van der Waals surface area contributed by atoms with E-state index in [1.54, 1.807) is 0 Å². The van der Waals surface area contributed by atoms with Gasteiger partial charge in [-0.2, -0.15) is 0 Å². The lowest BCUT2D eigenvalue weighted by molar-refractivity contribution is -0.109. The molecule has 0 aliphatic heterocycles. The van der Waals surface area contributed by atoms with Gasteiger partial charge >= 0.3 is 0 Å². The minimum Gasteiger partial charge on any atom is -0.359 e. The zero-order valence-corrected chi connectivity index (χ0v) is 10.5. The minimum absolute atomic E-state index is 0.705. The third-order valence-electron chi connectivity index (χ3n) is 2.91. The number of hydrogen-bond acceptors (Lipinski definition) is 1. The van der Waals surface area contributed by atoms with Crippen molar-refractivity contribution in [1.82, 2.24) is 10.3 Å². The Morgan fingerprint density at radius 1 is 1.47 bits per heavy atom. The molecule has 4 heteroatoms. The number of halogens is 1. The van der Waals surface area contributed by atoms with Gasteiger partial charge in [0, 0.05) is 28.2 Å². The van der Waals surface area contributed by atoms with Crippen LogP contribution in [0.25, 0.3) is 10.9 Å². The van der Waals surface area contributed by atoms with Gasteiger partial charge in [-0.05, 0) is 43.5 Å². The van der Waals surface area contributed by atoms with Gasteiger partial charge < -0.3 is 10.3 Å². The standard InChI is InChI=1S/C13H15ClN2O/c1-9-11(3-2-6-15-8-17)12-7-10(14)4-5-13(12)16-9/h4-5,7-8,16H,2-3,6H2,1H3,(H,15,17). The summed E-state index contributed by atoms with van der Waals surface area (Å²) in [6.07, 6.45) is 2.60. The molecular weight excluding hydrogens is 236 g/mol. The number of nitrogens with one attached hydrogen (secondary N) is 2. The normalized spacial score (nSPS) is 10.7. The lowest BCUT2D eigenvalue weighted by Crippen LogP contribution is -2.12. The third-order valence-corrected chi connectivity index (χ3v) is 3.15. The summed E-state index contributed by atoms with van der Waals surface area (Å²) in [6, 6.07) is 5.87. The molecule has 0 aliphatic carbocycles. The van der Waals surface area contributed by atoms with E-state index in [9.17, 15) is 4.79 Å². The lowest BCUT2D eigenvalue weighted by Gasteiger charge is -2.01. The maximum Gasteiger partial charge on any atom is 0.207 e. The minimum atomic E-state index is 0.705. The Kier molecular flexibility index (Phi) is 3.69. The van der Waals surface area contributed by atoms with Crippen molar-refractivity contribution in [1.29, 1.82) is 0 Å². The number of amides is 1. The highest BCUT2D eigenvalue weighted by Gasteiger charge is 2.08. The Hall–Kier alpha value is -1.48. The predicted octanol–water partition coefficient (Wildman–Crippen LogP) is 2.81. The average Bonchev–Trinajstić information content (AvgIpc) is 2.61. The molecule has 0 saturated carbocycles. The number of fused-ring (bicyclic) bond motifs is 1. The molecule has 1 aromatic heterocycles. The number of H-pyrrole nitrogens is 1. The maximum atomic E-state index is 10.2. The zero-order chi connectivity index (χ0) is 12.3. The van der Waals surface area contributed by atoms with Crippen LogP contribution in [0.1, 0.15) is 17.7 Å². The molecule has 1 heterocycles. The van der Waals surface area contributed by atoms with Crippen molar-refractivity contribution in [3.63, 3.8) is 0 Å². The highest BCUT2D eigenvalue weighted by molar-refractivity contribution is 6.31. The van der Waals surface area contributed by atoms with Crippen molar-refractivity contribution in [3.05, 3.63) is 34.5 Å². The van der Waals surface area contributed by atoms with Gasteiger partial charge in [-0.3, -0.25) is 4.79 Å². The first kappa shape index (κ1) is 12.0. The van der Waals surface area contributed by atoms with Crippen LogP contribution >= 0.6 is 11.6 Å². The molecule has 2 aromatic rings. The molecule has 2 N–H and O–H groups in total. The molecule has 1 aromatic carbocycles. The van der Waals surface area contributed by atoms with Crippen molar-refractivity contribution in [3.8, 4) is 0 Å². The predicted molar refractivity (Wildman–Crippen MR) is 70.4 cm³/mol. The van der Waals surface area contributed by atoms with E-state index in [2.05, 4.69) is 17.2 Å². The van der Waals surface area contributed by atoms with Crippen molar-refractivity contribution in [2.45, 2.75) is 19.8 Å². The van der Waals surface area contributed by atoms with Gasteiger partial charge in [-0.1, -0.05) is 11.6 Å². The molecule has 0 atom stereocenters. The van der Waals surface area contributed by atoms with E-state index in [0.717, 1.165) is 29.8 Å². The summed E-state index contributed by atoms with van der Waals surface area (Å²) in [5.41, 5.74) is 3.58. The fraction of sp³-hybridized carbons (Fsp3) is 0.308. The Morgan fingerprint density at radius 2 is 2.29 bits per heavy atom. The highest BCUT2D eigenvalue weighted by atomic mass is 35.5. The SMILES string of the molecule is Cc1[nH]c2ccc(Cl)cc2c1CCCNC=O. The summed E-state index contributed by atoms with van der Waals surface area (Å²) in [6.45, 7) is 2.77. The van der Waals surface area contributed by atoms with Crippen LogP contribution < -0.4 is 5.32 Å². The molecule has 1 amide bonds. The summed E-state index contributed by atoms with van der Waals surface area (Å²) < 4.78 is 0. The second-order valence-electron chi connectivity index (χ2n) is 4.09. The molecule has 0 unspecified atom stereocenters. The molecule has 0 spiro atoms. The largest absolute Gasteiger partial charge is 0.359 e. The average molecular weight is 251 g/mol. The topological polar surface area (TPSA) is 44.9 Å². The van der Waals surface area contributed by atoms with Crippen LogP contribution in [0.3, 0.4) is 0 Å². The fourth-order valence-corrected chi connectivity index (χ4v) is 2.28. The molecule has 17 heavy (non-hydrogen) atoms. The van der Waals surface area contributed by atoms with Crippen LogP contribution in [0.4, 0.5) is 0 Å². The number of benzene rings is 1. The summed E-state index contributed by atoms with van der Waals surface area (Å²) in [4.78, 5) is 13.5. The second-order valence-corrected chi connectivity index (χ2v) is 4.53. The summed E-state index contributed by atoms with van der Waals surface area (Å²) >= 11 is 6.01. The molecule has 0 saturated heterocycles. The van der Waals surface area contributed by atoms with Gasteiger partial charge in [0.15, 0.2) is 0 Å². The van der Waals surface area contributed by atoms with Crippen LogP contribution in [-0.2, 0) is 11.2 Å². The van der Waals surface area contributed by atoms with E-state index >= 15 is 0 Å². The van der Waals surface area contributed by atoms with Gasteiger partial charge in [0.05, 0.1) is 0 Å². The van der Waals surface area contributed by atoms with Crippen LogP contribution in [0.5, 0.6) is 0 Å². The number of carbonyl (C=O) groups excluding carboxylic acids is 1. The van der Waals surface area contributed by atoms with E-state index in [1.165, 1.54) is 16.6 Å². The molecule has 0 fully saturated rings. The van der Waals surface area contributed by atoms with Crippen LogP contribution in [0.15, 0.2) is 18.2 Å². The summed E-state index contributed by atoms with van der Waals surface area (Å²) in [5.74, 6) is 0. The van der Waals surface area contributed by atoms with E-state index in [-0.39, 0.29) is 0 Å².